The van der Waals surface area contributed by atoms with E-state index in [0.29, 0.717) is 31.2 Å². The minimum absolute atomic E-state index is 0.213. The molecule has 1 fully saturated rings. The van der Waals surface area contributed by atoms with E-state index in [1.54, 1.807) is 17.0 Å². The Morgan fingerprint density at radius 1 is 0.900 bits per heavy atom. The number of nitrogens with one attached hydrogen (secondary N) is 1. The van der Waals surface area contributed by atoms with Crippen LogP contribution < -0.4 is 10.2 Å². The van der Waals surface area contributed by atoms with Gasteiger partial charge >= 0.3 is 6.03 Å². The van der Waals surface area contributed by atoms with Crippen molar-refractivity contribution in [2.45, 2.75) is 0 Å². The zero-order valence-electron chi connectivity index (χ0n) is 15.9. The van der Waals surface area contributed by atoms with Crippen LogP contribution in [0.3, 0.4) is 0 Å². The molecule has 1 aliphatic rings. The number of urea groups is 1. The van der Waals surface area contributed by atoms with Gasteiger partial charge in [-0.05, 0) is 36.4 Å². The summed E-state index contributed by atoms with van der Waals surface area (Å²) < 4.78 is 26.3. The van der Waals surface area contributed by atoms with E-state index < -0.39 is 11.6 Å². The molecule has 0 bridgehead atoms. The van der Waals surface area contributed by atoms with Crippen LogP contribution in [0.1, 0.15) is 0 Å². The average Bonchev–Trinajstić information content (AvgIpc) is 2.77. The molecular weight excluding hydrogens is 412 g/mol. The molecular formula is C21H18ClF2N5O. The summed E-state index contributed by atoms with van der Waals surface area (Å²) in [5.74, 6) is -1.23. The number of piperazine rings is 1. The molecule has 0 spiro atoms. The molecule has 1 aliphatic heterocycles. The number of carbonyl (C=O) groups excluding carboxylic acids is 1. The highest BCUT2D eigenvalue weighted by atomic mass is 35.5. The van der Waals surface area contributed by atoms with Crippen LogP contribution in [0.4, 0.5) is 25.1 Å². The van der Waals surface area contributed by atoms with Crippen molar-refractivity contribution in [3.63, 3.8) is 0 Å². The molecule has 0 aliphatic carbocycles. The Bertz CT molecular complexity index is 1040. The van der Waals surface area contributed by atoms with Crippen LogP contribution in [0.5, 0.6) is 0 Å². The molecule has 154 valence electrons. The normalized spacial score (nSPS) is 14.0. The number of halogens is 3. The molecule has 0 atom stereocenters. The first kappa shape index (κ1) is 20.0. The van der Waals surface area contributed by atoms with Gasteiger partial charge in [0, 0.05) is 48.5 Å². The van der Waals surface area contributed by atoms with E-state index in [9.17, 15) is 13.6 Å². The molecule has 9 heteroatoms. The number of nitrogens with zero attached hydrogens (tertiary/aromatic N) is 4. The lowest BCUT2D eigenvalue weighted by molar-refractivity contribution is 0.208. The summed E-state index contributed by atoms with van der Waals surface area (Å²) >= 11 is 5.91. The Kier molecular flexibility index (Phi) is 5.76. The second-order valence-corrected chi connectivity index (χ2v) is 7.25. The maximum atomic E-state index is 13.3. The van der Waals surface area contributed by atoms with Gasteiger partial charge in [-0.3, -0.25) is 0 Å². The second-order valence-electron chi connectivity index (χ2n) is 6.82. The standard InChI is InChI=1S/C21H18ClF2N5O/c22-15-3-1-14(2-4-15)19-7-8-20(27-26-19)28-9-11-29(12-10-28)21(30)25-16-5-6-17(23)18(24)13-16/h1-8,13H,9-12H2,(H,25,30). The fraction of sp³-hybridized carbons (Fsp3) is 0.190. The monoisotopic (exact) mass is 429 g/mol. The van der Waals surface area contributed by atoms with Gasteiger partial charge in [-0.1, -0.05) is 23.7 Å². The van der Waals surface area contributed by atoms with Crippen LogP contribution in [0.25, 0.3) is 11.3 Å². The van der Waals surface area contributed by atoms with E-state index in [-0.39, 0.29) is 11.7 Å². The minimum Gasteiger partial charge on any atom is -0.352 e. The molecule has 1 N–H and O–H groups in total. The second kappa shape index (κ2) is 8.62. The number of anilines is 2. The number of hydrogen-bond donors (Lipinski definition) is 1. The predicted molar refractivity (Wildman–Crippen MR) is 112 cm³/mol. The molecule has 30 heavy (non-hydrogen) atoms. The summed E-state index contributed by atoms with van der Waals surface area (Å²) in [6.07, 6.45) is 0. The molecule has 2 heterocycles. The highest BCUT2D eigenvalue weighted by Gasteiger charge is 2.22. The summed E-state index contributed by atoms with van der Waals surface area (Å²) in [7, 11) is 0. The van der Waals surface area contributed by atoms with E-state index in [0.717, 1.165) is 29.2 Å². The zero-order valence-corrected chi connectivity index (χ0v) is 16.6. The van der Waals surface area contributed by atoms with Crippen LogP contribution >= 0.6 is 11.6 Å². The van der Waals surface area contributed by atoms with E-state index in [1.165, 1.54) is 6.07 Å². The van der Waals surface area contributed by atoms with Gasteiger partial charge in [-0.15, -0.1) is 10.2 Å². The number of amides is 2. The van der Waals surface area contributed by atoms with E-state index >= 15 is 0 Å². The van der Waals surface area contributed by atoms with Crippen molar-refractivity contribution in [1.29, 1.82) is 0 Å². The smallest absolute Gasteiger partial charge is 0.321 e. The Morgan fingerprint density at radius 3 is 2.27 bits per heavy atom. The first-order chi connectivity index (χ1) is 14.5. The van der Waals surface area contributed by atoms with Crippen molar-refractivity contribution >= 4 is 29.1 Å². The van der Waals surface area contributed by atoms with Gasteiger partial charge in [0.15, 0.2) is 17.5 Å². The molecule has 0 unspecified atom stereocenters. The lowest BCUT2D eigenvalue weighted by Crippen LogP contribution is -2.50. The lowest BCUT2D eigenvalue weighted by Gasteiger charge is -2.35. The average molecular weight is 430 g/mol. The van der Waals surface area contributed by atoms with Crippen LogP contribution in [-0.4, -0.2) is 47.3 Å². The highest BCUT2D eigenvalue weighted by Crippen LogP contribution is 2.21. The van der Waals surface area contributed by atoms with E-state index in [4.69, 9.17) is 11.6 Å². The Labute approximate surface area is 177 Å². The van der Waals surface area contributed by atoms with Gasteiger partial charge in [0.2, 0.25) is 0 Å². The summed E-state index contributed by atoms with van der Waals surface area (Å²) in [5.41, 5.74) is 1.89. The molecule has 1 saturated heterocycles. The van der Waals surface area contributed by atoms with E-state index in [1.807, 2.05) is 29.2 Å². The third-order valence-corrected chi connectivity index (χ3v) is 5.10. The SMILES string of the molecule is O=C(Nc1ccc(F)c(F)c1)N1CCN(c2ccc(-c3ccc(Cl)cc3)nn2)CC1. The topological polar surface area (TPSA) is 61.4 Å². The van der Waals surface area contributed by atoms with Crippen LogP contribution in [0, 0.1) is 11.6 Å². The zero-order chi connectivity index (χ0) is 21.1. The first-order valence-electron chi connectivity index (χ1n) is 9.35. The number of hydrogen-bond acceptors (Lipinski definition) is 4. The Hall–Kier alpha value is -3.26. The third kappa shape index (κ3) is 4.49. The predicted octanol–water partition coefficient (Wildman–Crippen LogP) is 4.43. The third-order valence-electron chi connectivity index (χ3n) is 4.85. The van der Waals surface area contributed by atoms with Crippen molar-refractivity contribution in [3.05, 3.63) is 71.3 Å². The summed E-state index contributed by atoms with van der Waals surface area (Å²) in [4.78, 5) is 16.0. The summed E-state index contributed by atoms with van der Waals surface area (Å²) in [6, 6.07) is 14.1. The summed E-state index contributed by atoms with van der Waals surface area (Å²) in [6.45, 7) is 2.10. The Balaban J connectivity index is 1.34. The van der Waals surface area contributed by atoms with Gasteiger partial charge in [-0.25, -0.2) is 13.6 Å². The molecule has 0 radical (unpaired) electrons. The molecule has 0 saturated carbocycles. The van der Waals surface area contributed by atoms with Crippen molar-refractivity contribution < 1.29 is 13.6 Å². The van der Waals surface area contributed by atoms with Gasteiger partial charge < -0.3 is 15.1 Å². The largest absolute Gasteiger partial charge is 0.352 e. The molecule has 6 nitrogen and oxygen atoms in total. The van der Waals surface area contributed by atoms with Gasteiger partial charge in [0.25, 0.3) is 0 Å². The maximum Gasteiger partial charge on any atom is 0.321 e. The molecule has 1 aromatic heterocycles. The van der Waals surface area contributed by atoms with Crippen molar-refractivity contribution in [2.24, 2.45) is 0 Å². The quantitative estimate of drug-likeness (QED) is 0.669. The summed E-state index contributed by atoms with van der Waals surface area (Å²) in [5, 5.41) is 11.8. The first-order valence-corrected chi connectivity index (χ1v) is 9.73. The Morgan fingerprint density at radius 2 is 1.63 bits per heavy atom. The van der Waals surface area contributed by atoms with Gasteiger partial charge in [-0.2, -0.15) is 0 Å². The molecule has 4 rings (SSSR count). The van der Waals surface area contributed by atoms with Crippen molar-refractivity contribution in [2.75, 3.05) is 36.4 Å². The van der Waals surface area contributed by atoms with Crippen LogP contribution in [0.2, 0.25) is 5.02 Å². The van der Waals surface area contributed by atoms with Crippen LogP contribution in [-0.2, 0) is 0 Å². The van der Waals surface area contributed by atoms with E-state index in [2.05, 4.69) is 15.5 Å². The van der Waals surface area contributed by atoms with Gasteiger partial charge in [0.1, 0.15) is 0 Å². The maximum absolute atomic E-state index is 13.3. The minimum atomic E-state index is -1.00. The molecule has 2 aromatic carbocycles. The number of benzene rings is 2. The lowest BCUT2D eigenvalue weighted by atomic mass is 10.1. The van der Waals surface area contributed by atoms with Crippen molar-refractivity contribution in [1.82, 2.24) is 15.1 Å². The number of carbonyl (C=O) groups is 1. The van der Waals surface area contributed by atoms with Crippen molar-refractivity contribution in [3.8, 4) is 11.3 Å². The highest BCUT2D eigenvalue weighted by molar-refractivity contribution is 6.30. The van der Waals surface area contributed by atoms with Crippen LogP contribution in [0.15, 0.2) is 54.6 Å². The number of aromatic nitrogens is 2. The molecule has 3 aromatic rings. The fourth-order valence-corrected chi connectivity index (χ4v) is 3.31. The van der Waals surface area contributed by atoms with Gasteiger partial charge in [0.05, 0.1) is 5.69 Å². The number of rotatable bonds is 3. The fourth-order valence-electron chi connectivity index (χ4n) is 3.18. The molecule has 2 amide bonds.